The van der Waals surface area contributed by atoms with Gasteiger partial charge in [-0.3, -0.25) is 0 Å². The molecule has 0 aromatic rings. The van der Waals surface area contributed by atoms with Crippen molar-refractivity contribution in [1.82, 2.24) is 0 Å². The van der Waals surface area contributed by atoms with Crippen molar-refractivity contribution in [3.8, 4) is 0 Å². The van der Waals surface area contributed by atoms with Gasteiger partial charge in [0, 0.05) is 9.52 Å². The third-order valence-corrected chi connectivity index (χ3v) is 4.33. The number of rotatable bonds is 2. The van der Waals surface area contributed by atoms with Gasteiger partial charge in [-0.25, -0.2) is 0 Å². The van der Waals surface area contributed by atoms with E-state index in [9.17, 15) is 0 Å². The first kappa shape index (κ1) is 11.9. The van der Waals surface area contributed by atoms with E-state index < -0.39 is 0 Å². The fourth-order valence-electron chi connectivity index (χ4n) is 0.250. The van der Waals surface area contributed by atoms with Crippen molar-refractivity contribution < 1.29 is 31.0 Å². The van der Waals surface area contributed by atoms with Crippen LogP contribution in [0.1, 0.15) is 28.6 Å². The Labute approximate surface area is 79.0 Å². The van der Waals surface area contributed by atoms with Crippen molar-refractivity contribution in [2.45, 2.75) is 38.8 Å². The minimum absolute atomic E-state index is 0. The summed E-state index contributed by atoms with van der Waals surface area (Å²) in [5.41, 5.74) is 0. The molecular formula is C6H17NaSi. The van der Waals surface area contributed by atoms with Crippen LogP contribution in [0.4, 0.5) is 0 Å². The molecule has 8 heavy (non-hydrogen) atoms. The Hall–Kier alpha value is 1.22. The predicted molar refractivity (Wildman–Crippen MR) is 39.9 cm³/mol. The maximum absolute atomic E-state index is 2.38. The maximum atomic E-state index is 2.38. The fourth-order valence-corrected chi connectivity index (χ4v) is 0.750. The monoisotopic (exact) mass is 140 g/mol. The molecule has 0 spiro atoms. The summed E-state index contributed by atoms with van der Waals surface area (Å²) >= 11 is 0. The van der Waals surface area contributed by atoms with Gasteiger partial charge in [0.1, 0.15) is 0 Å². The summed E-state index contributed by atoms with van der Waals surface area (Å²) in [6.45, 7) is 9.37. The minimum Gasteiger partial charge on any atom is -1.00 e. The molecule has 0 heterocycles. The SMILES string of the molecule is CCC(C)(C)[SiH2]C.[H-].[Na+]. The van der Waals surface area contributed by atoms with E-state index in [1.165, 1.54) is 6.42 Å². The molecule has 0 rings (SSSR count). The van der Waals surface area contributed by atoms with Crippen LogP contribution < -0.4 is 29.6 Å². The van der Waals surface area contributed by atoms with Crippen molar-refractivity contribution in [2.24, 2.45) is 0 Å². The zero-order valence-electron chi connectivity index (χ0n) is 7.91. The molecule has 0 aliphatic rings. The average Bonchev–Trinajstić information content (AvgIpc) is 1.68. The zero-order valence-corrected chi connectivity index (χ0v) is 10.3. The summed E-state index contributed by atoms with van der Waals surface area (Å²) < 4.78 is 0. The summed E-state index contributed by atoms with van der Waals surface area (Å²) in [7, 11) is 0.242. The minimum atomic E-state index is 0. The second-order valence-corrected chi connectivity index (χ2v) is 5.49. The predicted octanol–water partition coefficient (Wildman–Crippen LogP) is -1.07. The Balaban J connectivity index is -0.000000180. The summed E-state index contributed by atoms with van der Waals surface area (Å²) in [5.74, 6) is 0. The summed E-state index contributed by atoms with van der Waals surface area (Å²) in [4.78, 5) is 0. The van der Waals surface area contributed by atoms with E-state index in [1.54, 1.807) is 0 Å². The second kappa shape index (κ2) is 5.04. The van der Waals surface area contributed by atoms with Gasteiger partial charge in [0.05, 0.1) is 0 Å². The van der Waals surface area contributed by atoms with Crippen molar-refractivity contribution in [2.75, 3.05) is 0 Å². The van der Waals surface area contributed by atoms with E-state index in [4.69, 9.17) is 0 Å². The van der Waals surface area contributed by atoms with Gasteiger partial charge in [-0.05, 0) is 5.04 Å². The topological polar surface area (TPSA) is 0 Å². The number of hydrogen-bond acceptors (Lipinski definition) is 0. The van der Waals surface area contributed by atoms with Crippen LogP contribution in [0, 0.1) is 0 Å². The van der Waals surface area contributed by atoms with Crippen molar-refractivity contribution >= 4 is 9.52 Å². The molecule has 0 aliphatic heterocycles. The Morgan fingerprint density at radius 1 is 1.50 bits per heavy atom. The molecule has 0 aromatic heterocycles. The summed E-state index contributed by atoms with van der Waals surface area (Å²) in [6.07, 6.45) is 1.36. The van der Waals surface area contributed by atoms with E-state index in [2.05, 4.69) is 27.3 Å². The number of hydrogen-bond donors (Lipinski definition) is 0. The van der Waals surface area contributed by atoms with E-state index in [0.717, 1.165) is 5.04 Å². The van der Waals surface area contributed by atoms with Gasteiger partial charge in [0.2, 0.25) is 0 Å². The molecule has 0 N–H and O–H groups in total. The standard InChI is InChI=1S/C6H16Si.Na.H/c1-5-6(2,3)7-4;;/h5,7H2,1-4H3;;/q;+1;-1. The first-order chi connectivity index (χ1) is 3.12. The van der Waals surface area contributed by atoms with E-state index in [0.29, 0.717) is 0 Å². The van der Waals surface area contributed by atoms with Crippen molar-refractivity contribution in [3.63, 3.8) is 0 Å². The first-order valence-electron chi connectivity index (χ1n) is 3.12. The smallest absolute Gasteiger partial charge is 1.00 e. The Morgan fingerprint density at radius 3 is 1.88 bits per heavy atom. The van der Waals surface area contributed by atoms with Crippen LogP contribution in [-0.4, -0.2) is 9.52 Å². The first-order valence-corrected chi connectivity index (χ1v) is 5.24. The molecule has 0 unspecified atom stereocenters. The molecule has 0 amide bonds. The third kappa shape index (κ3) is 5.36. The zero-order chi connectivity index (χ0) is 5.91. The molecule has 0 fully saturated rings. The molecule has 0 saturated carbocycles. The second-order valence-electron chi connectivity index (χ2n) is 2.87. The van der Waals surface area contributed by atoms with Gasteiger partial charge in [-0.15, -0.1) is 0 Å². The van der Waals surface area contributed by atoms with Gasteiger partial charge in [0.15, 0.2) is 0 Å². The fraction of sp³-hybridized carbons (Fsp3) is 1.00. The van der Waals surface area contributed by atoms with Crippen LogP contribution in [0.3, 0.4) is 0 Å². The van der Waals surface area contributed by atoms with Crippen LogP contribution in [0.15, 0.2) is 0 Å². The Morgan fingerprint density at radius 2 is 1.88 bits per heavy atom. The van der Waals surface area contributed by atoms with Crippen LogP contribution in [-0.2, 0) is 0 Å². The molecule has 0 aromatic carbocycles. The van der Waals surface area contributed by atoms with Crippen LogP contribution >= 0.6 is 0 Å². The molecule has 0 atom stereocenters. The summed E-state index contributed by atoms with van der Waals surface area (Å²) in [6, 6.07) is 0. The summed E-state index contributed by atoms with van der Waals surface area (Å²) in [5, 5.41) is 0.722. The van der Waals surface area contributed by atoms with Crippen molar-refractivity contribution in [3.05, 3.63) is 0 Å². The molecular weight excluding hydrogens is 123 g/mol. The molecule has 2 heteroatoms. The van der Waals surface area contributed by atoms with Crippen molar-refractivity contribution in [1.29, 1.82) is 0 Å². The quantitative estimate of drug-likeness (QED) is 0.428. The largest absolute Gasteiger partial charge is 1.00 e. The Kier molecular flexibility index (Phi) is 7.52. The molecule has 0 radical (unpaired) electrons. The van der Waals surface area contributed by atoms with E-state index >= 15 is 0 Å². The maximum Gasteiger partial charge on any atom is 1.00 e. The molecule has 0 aliphatic carbocycles. The molecule has 0 saturated heterocycles. The Bertz CT molecular complexity index is 51.0. The normalized spacial score (nSPS) is 12.0. The molecule has 0 nitrogen and oxygen atoms in total. The third-order valence-electron chi connectivity index (χ3n) is 1.91. The van der Waals surface area contributed by atoms with Gasteiger partial charge in [-0.1, -0.05) is 33.7 Å². The molecule has 46 valence electrons. The molecule has 0 bridgehead atoms. The van der Waals surface area contributed by atoms with Gasteiger partial charge in [-0.2, -0.15) is 0 Å². The van der Waals surface area contributed by atoms with Gasteiger partial charge in [0.25, 0.3) is 0 Å². The van der Waals surface area contributed by atoms with Crippen LogP contribution in [0.5, 0.6) is 0 Å². The van der Waals surface area contributed by atoms with Gasteiger partial charge < -0.3 is 1.43 Å². The van der Waals surface area contributed by atoms with E-state index in [1.807, 2.05) is 0 Å². The average molecular weight is 140 g/mol. The van der Waals surface area contributed by atoms with Crippen LogP contribution in [0.2, 0.25) is 11.6 Å². The van der Waals surface area contributed by atoms with Crippen LogP contribution in [0.25, 0.3) is 0 Å². The van der Waals surface area contributed by atoms with E-state index in [-0.39, 0.29) is 40.5 Å². The van der Waals surface area contributed by atoms with Gasteiger partial charge >= 0.3 is 29.6 Å².